The lowest BCUT2D eigenvalue weighted by Gasteiger charge is -2.01. The molecule has 15 heavy (non-hydrogen) atoms. The summed E-state index contributed by atoms with van der Waals surface area (Å²) in [6.45, 7) is 2.10. The Morgan fingerprint density at radius 2 is 2.20 bits per heavy atom. The molecule has 1 aliphatic rings. The van der Waals surface area contributed by atoms with Gasteiger partial charge in [-0.05, 0) is 37.5 Å². The molecule has 3 rings (SSSR count). The van der Waals surface area contributed by atoms with Crippen LogP contribution in [0.2, 0.25) is 0 Å². The van der Waals surface area contributed by atoms with Gasteiger partial charge in [0.1, 0.15) is 11.3 Å². The normalized spacial score (nSPS) is 15.9. The SMILES string of the molecule is COc1cc(C)cc2sc(C3CC3)nc12. The Bertz CT molecular complexity index is 514. The van der Waals surface area contributed by atoms with Gasteiger partial charge in [0.15, 0.2) is 0 Å². The Kier molecular flexibility index (Phi) is 1.96. The monoisotopic (exact) mass is 219 g/mol. The molecule has 1 aliphatic carbocycles. The highest BCUT2D eigenvalue weighted by molar-refractivity contribution is 7.18. The van der Waals surface area contributed by atoms with E-state index in [-0.39, 0.29) is 0 Å². The molecule has 2 aromatic rings. The van der Waals surface area contributed by atoms with E-state index in [1.54, 1.807) is 7.11 Å². The van der Waals surface area contributed by atoms with Crippen LogP contribution in [0, 0.1) is 6.92 Å². The van der Waals surface area contributed by atoms with E-state index in [0.29, 0.717) is 0 Å². The predicted molar refractivity (Wildman–Crippen MR) is 62.9 cm³/mol. The van der Waals surface area contributed by atoms with Crippen molar-refractivity contribution in [3.05, 3.63) is 22.7 Å². The van der Waals surface area contributed by atoms with Gasteiger partial charge in [0.05, 0.1) is 16.8 Å². The van der Waals surface area contributed by atoms with Crippen molar-refractivity contribution in [2.75, 3.05) is 7.11 Å². The highest BCUT2D eigenvalue weighted by atomic mass is 32.1. The van der Waals surface area contributed by atoms with Crippen molar-refractivity contribution in [1.82, 2.24) is 4.98 Å². The zero-order valence-electron chi connectivity index (χ0n) is 8.91. The largest absolute Gasteiger partial charge is 0.494 e. The third kappa shape index (κ3) is 1.51. The van der Waals surface area contributed by atoms with Crippen LogP contribution in [0.5, 0.6) is 5.75 Å². The first-order valence-electron chi connectivity index (χ1n) is 5.23. The number of hydrogen-bond donors (Lipinski definition) is 0. The molecule has 0 unspecified atom stereocenters. The molecule has 3 heteroatoms. The number of hydrogen-bond acceptors (Lipinski definition) is 3. The molecule has 78 valence electrons. The van der Waals surface area contributed by atoms with Crippen molar-refractivity contribution in [2.45, 2.75) is 25.7 Å². The van der Waals surface area contributed by atoms with Crippen LogP contribution in [0.15, 0.2) is 12.1 Å². The van der Waals surface area contributed by atoms with Crippen LogP contribution in [0.3, 0.4) is 0 Å². The van der Waals surface area contributed by atoms with Crippen LogP contribution in [-0.4, -0.2) is 12.1 Å². The smallest absolute Gasteiger partial charge is 0.146 e. The summed E-state index contributed by atoms with van der Waals surface area (Å²) >= 11 is 1.82. The summed E-state index contributed by atoms with van der Waals surface area (Å²) in [6, 6.07) is 4.25. The summed E-state index contributed by atoms with van der Waals surface area (Å²) in [5.74, 6) is 1.64. The van der Waals surface area contributed by atoms with Crippen molar-refractivity contribution >= 4 is 21.6 Å². The van der Waals surface area contributed by atoms with Crippen LogP contribution in [0.25, 0.3) is 10.2 Å². The third-order valence-electron chi connectivity index (χ3n) is 2.77. The van der Waals surface area contributed by atoms with Gasteiger partial charge < -0.3 is 4.74 Å². The molecule has 0 aliphatic heterocycles. The minimum atomic E-state index is 0.729. The first kappa shape index (κ1) is 9.16. The minimum absolute atomic E-state index is 0.729. The van der Waals surface area contributed by atoms with Gasteiger partial charge in [0.25, 0.3) is 0 Å². The molecule has 1 heterocycles. The van der Waals surface area contributed by atoms with Gasteiger partial charge >= 0.3 is 0 Å². The summed E-state index contributed by atoms with van der Waals surface area (Å²) < 4.78 is 6.62. The van der Waals surface area contributed by atoms with E-state index < -0.39 is 0 Å². The number of nitrogens with zero attached hydrogens (tertiary/aromatic N) is 1. The van der Waals surface area contributed by atoms with Crippen molar-refractivity contribution in [1.29, 1.82) is 0 Å². The second-order valence-corrected chi connectivity index (χ2v) is 5.20. The summed E-state index contributed by atoms with van der Waals surface area (Å²) in [6.07, 6.45) is 2.61. The van der Waals surface area contributed by atoms with Gasteiger partial charge in [-0.15, -0.1) is 11.3 Å². The molecule has 0 amide bonds. The summed E-state index contributed by atoms with van der Waals surface area (Å²) in [4.78, 5) is 4.68. The molecular formula is C12H13NOS. The molecule has 1 aromatic heterocycles. The Labute approximate surface area is 92.9 Å². The summed E-state index contributed by atoms with van der Waals surface area (Å²) in [7, 11) is 1.71. The maximum absolute atomic E-state index is 5.37. The van der Waals surface area contributed by atoms with Gasteiger partial charge in [-0.25, -0.2) is 4.98 Å². The van der Waals surface area contributed by atoms with Crippen molar-refractivity contribution < 1.29 is 4.74 Å². The molecule has 0 bridgehead atoms. The summed E-state index contributed by atoms with van der Waals surface area (Å²) in [5.41, 5.74) is 2.28. The maximum atomic E-state index is 5.37. The van der Waals surface area contributed by atoms with Crippen LogP contribution in [0.4, 0.5) is 0 Å². The lowest BCUT2D eigenvalue weighted by atomic mass is 10.2. The molecule has 1 saturated carbocycles. The number of benzene rings is 1. The van der Waals surface area contributed by atoms with E-state index in [1.807, 2.05) is 11.3 Å². The molecule has 0 saturated heterocycles. The number of rotatable bonds is 2. The Morgan fingerprint density at radius 3 is 2.87 bits per heavy atom. The fraction of sp³-hybridized carbons (Fsp3) is 0.417. The van der Waals surface area contributed by atoms with E-state index in [2.05, 4.69) is 24.0 Å². The van der Waals surface area contributed by atoms with Crippen molar-refractivity contribution in [3.8, 4) is 5.75 Å². The second kappa shape index (κ2) is 3.20. The lowest BCUT2D eigenvalue weighted by molar-refractivity contribution is 0.418. The second-order valence-electron chi connectivity index (χ2n) is 4.14. The number of fused-ring (bicyclic) bond motifs is 1. The van der Waals surface area contributed by atoms with Gasteiger partial charge in [-0.1, -0.05) is 0 Å². The number of aromatic nitrogens is 1. The van der Waals surface area contributed by atoms with Gasteiger partial charge in [-0.3, -0.25) is 0 Å². The third-order valence-corrected chi connectivity index (χ3v) is 3.93. The first-order chi connectivity index (χ1) is 7.28. The average molecular weight is 219 g/mol. The van der Waals surface area contributed by atoms with Gasteiger partial charge in [0.2, 0.25) is 0 Å². The summed E-state index contributed by atoms with van der Waals surface area (Å²) in [5, 5.41) is 1.29. The quantitative estimate of drug-likeness (QED) is 0.771. The molecule has 0 atom stereocenters. The van der Waals surface area contributed by atoms with Crippen LogP contribution < -0.4 is 4.74 Å². The highest BCUT2D eigenvalue weighted by Crippen LogP contribution is 2.44. The van der Waals surface area contributed by atoms with E-state index in [9.17, 15) is 0 Å². The van der Waals surface area contributed by atoms with Gasteiger partial charge in [0, 0.05) is 5.92 Å². The standard InChI is InChI=1S/C12H13NOS/c1-7-5-9(14-2)11-10(6-7)15-12(13-11)8-3-4-8/h5-6,8H,3-4H2,1-2H3. The maximum Gasteiger partial charge on any atom is 0.146 e. The molecule has 1 fully saturated rings. The topological polar surface area (TPSA) is 22.1 Å². The van der Waals surface area contributed by atoms with Crippen LogP contribution in [0.1, 0.15) is 29.3 Å². The number of aryl methyl sites for hydroxylation is 1. The van der Waals surface area contributed by atoms with Crippen LogP contribution >= 0.6 is 11.3 Å². The Morgan fingerprint density at radius 1 is 1.40 bits per heavy atom. The fourth-order valence-corrected chi connectivity index (χ4v) is 3.06. The van der Waals surface area contributed by atoms with Crippen molar-refractivity contribution in [3.63, 3.8) is 0 Å². The molecule has 0 N–H and O–H groups in total. The molecule has 2 nitrogen and oxygen atoms in total. The zero-order valence-corrected chi connectivity index (χ0v) is 9.73. The molecule has 0 spiro atoms. The minimum Gasteiger partial charge on any atom is -0.494 e. The zero-order chi connectivity index (χ0) is 10.4. The van der Waals surface area contributed by atoms with E-state index in [0.717, 1.165) is 17.2 Å². The van der Waals surface area contributed by atoms with Crippen LogP contribution in [-0.2, 0) is 0 Å². The average Bonchev–Trinajstić information content (AvgIpc) is 2.98. The van der Waals surface area contributed by atoms with Crippen molar-refractivity contribution in [2.24, 2.45) is 0 Å². The van der Waals surface area contributed by atoms with Gasteiger partial charge in [-0.2, -0.15) is 0 Å². The Hall–Kier alpha value is -1.09. The Balaban J connectivity index is 2.23. The fourth-order valence-electron chi connectivity index (χ4n) is 1.81. The highest BCUT2D eigenvalue weighted by Gasteiger charge is 2.27. The van der Waals surface area contributed by atoms with E-state index in [4.69, 9.17) is 4.74 Å². The molecular weight excluding hydrogens is 206 g/mol. The number of ether oxygens (including phenoxy) is 1. The van der Waals surface area contributed by atoms with E-state index >= 15 is 0 Å². The van der Waals surface area contributed by atoms with E-state index in [1.165, 1.54) is 28.1 Å². The number of thiazole rings is 1. The lowest BCUT2D eigenvalue weighted by Crippen LogP contribution is -1.85. The molecule has 0 radical (unpaired) electrons. The first-order valence-corrected chi connectivity index (χ1v) is 6.04. The number of methoxy groups -OCH3 is 1. The molecule has 1 aromatic carbocycles. The predicted octanol–water partition coefficient (Wildman–Crippen LogP) is 3.49.